The van der Waals surface area contributed by atoms with Gasteiger partial charge in [-0.2, -0.15) is 5.10 Å². The van der Waals surface area contributed by atoms with Crippen LogP contribution in [0.1, 0.15) is 37.7 Å². The third-order valence-corrected chi connectivity index (χ3v) is 5.22. The zero-order chi connectivity index (χ0) is 20.2. The summed E-state index contributed by atoms with van der Waals surface area (Å²) in [5.74, 6) is -0.0878. The second-order valence-electron chi connectivity index (χ2n) is 7.08. The number of nitrogens with one attached hydrogen (secondary N) is 1. The molecule has 1 aliphatic heterocycles. The van der Waals surface area contributed by atoms with Crippen LogP contribution in [0.4, 0.5) is 0 Å². The van der Waals surface area contributed by atoms with Gasteiger partial charge in [0.2, 0.25) is 0 Å². The van der Waals surface area contributed by atoms with E-state index in [0.29, 0.717) is 37.2 Å². The van der Waals surface area contributed by atoms with Gasteiger partial charge >= 0.3 is 0 Å². The molecule has 0 spiro atoms. The molecule has 0 unspecified atom stereocenters. The Morgan fingerprint density at radius 3 is 2.59 bits per heavy atom. The standard InChI is InChI=1S/C22H23N5O2/c1-26-20-10-14-27(22(29)17-5-3-2-4-6-17)15-18(20)19(25-26)9-13-24-21(28)16-7-11-23-12-8-16/h2-8,11-12H,9-10,13-15H2,1H3,(H,24,28). The second kappa shape index (κ2) is 8.26. The fourth-order valence-corrected chi connectivity index (χ4v) is 3.71. The highest BCUT2D eigenvalue weighted by molar-refractivity contribution is 5.94. The summed E-state index contributed by atoms with van der Waals surface area (Å²) in [7, 11) is 1.94. The lowest BCUT2D eigenvalue weighted by Gasteiger charge is -2.28. The highest BCUT2D eigenvalue weighted by Gasteiger charge is 2.27. The van der Waals surface area contributed by atoms with Gasteiger partial charge in [0.1, 0.15) is 0 Å². The van der Waals surface area contributed by atoms with Gasteiger partial charge in [0.25, 0.3) is 11.8 Å². The lowest BCUT2D eigenvalue weighted by molar-refractivity contribution is 0.0733. The van der Waals surface area contributed by atoms with Crippen LogP contribution in [0.3, 0.4) is 0 Å². The molecule has 1 N–H and O–H groups in total. The van der Waals surface area contributed by atoms with Crippen LogP contribution >= 0.6 is 0 Å². The summed E-state index contributed by atoms with van der Waals surface area (Å²) in [5.41, 5.74) is 4.48. The van der Waals surface area contributed by atoms with Crippen LogP contribution < -0.4 is 5.32 Å². The maximum atomic E-state index is 12.8. The number of carbonyl (C=O) groups excluding carboxylic acids is 2. The van der Waals surface area contributed by atoms with Gasteiger partial charge in [-0.25, -0.2) is 0 Å². The van der Waals surface area contributed by atoms with E-state index in [-0.39, 0.29) is 11.8 Å². The van der Waals surface area contributed by atoms with Gasteiger partial charge in [-0.05, 0) is 24.3 Å². The first-order valence-corrected chi connectivity index (χ1v) is 9.69. The van der Waals surface area contributed by atoms with Gasteiger partial charge in [0, 0.05) is 74.3 Å². The van der Waals surface area contributed by atoms with Gasteiger partial charge in [0.05, 0.1) is 5.69 Å². The normalized spacial score (nSPS) is 13.1. The van der Waals surface area contributed by atoms with Crippen molar-refractivity contribution in [3.63, 3.8) is 0 Å². The highest BCUT2D eigenvalue weighted by Crippen LogP contribution is 2.23. The molecule has 0 atom stereocenters. The molecule has 3 heterocycles. The van der Waals surface area contributed by atoms with Crippen molar-refractivity contribution in [2.24, 2.45) is 7.05 Å². The van der Waals surface area contributed by atoms with Crippen molar-refractivity contribution in [2.75, 3.05) is 13.1 Å². The fraction of sp³-hybridized carbons (Fsp3) is 0.273. The van der Waals surface area contributed by atoms with Crippen LogP contribution in [0.2, 0.25) is 0 Å². The van der Waals surface area contributed by atoms with Crippen LogP contribution in [0.25, 0.3) is 0 Å². The molecule has 148 valence electrons. The minimum Gasteiger partial charge on any atom is -0.352 e. The van der Waals surface area contributed by atoms with Crippen LogP contribution in [-0.2, 0) is 26.4 Å². The van der Waals surface area contributed by atoms with E-state index in [1.165, 1.54) is 0 Å². The van der Waals surface area contributed by atoms with Crippen molar-refractivity contribution in [1.29, 1.82) is 0 Å². The predicted octanol–water partition coefficient (Wildman–Crippen LogP) is 1.99. The molecule has 0 bridgehead atoms. The molecular formula is C22H23N5O2. The van der Waals surface area contributed by atoms with Crippen molar-refractivity contribution in [3.8, 4) is 0 Å². The molecule has 2 aromatic heterocycles. The molecule has 0 aliphatic carbocycles. The summed E-state index contributed by atoms with van der Waals surface area (Å²) >= 11 is 0. The first-order chi connectivity index (χ1) is 14.1. The second-order valence-corrected chi connectivity index (χ2v) is 7.08. The monoisotopic (exact) mass is 389 g/mol. The molecular weight excluding hydrogens is 366 g/mol. The minimum absolute atomic E-state index is 0.0389. The molecule has 0 saturated heterocycles. The Labute approximate surface area is 169 Å². The molecule has 0 fully saturated rings. The van der Waals surface area contributed by atoms with E-state index in [9.17, 15) is 9.59 Å². The first-order valence-electron chi connectivity index (χ1n) is 9.69. The van der Waals surface area contributed by atoms with E-state index in [2.05, 4.69) is 15.4 Å². The summed E-state index contributed by atoms with van der Waals surface area (Å²) in [6, 6.07) is 12.7. The number of benzene rings is 1. The predicted molar refractivity (Wildman–Crippen MR) is 108 cm³/mol. The molecule has 1 aliphatic rings. The molecule has 4 rings (SSSR count). The topological polar surface area (TPSA) is 80.1 Å². The smallest absolute Gasteiger partial charge is 0.254 e. The number of aromatic nitrogens is 3. The number of hydrogen-bond donors (Lipinski definition) is 1. The summed E-state index contributed by atoms with van der Waals surface area (Å²) in [4.78, 5) is 30.8. The summed E-state index contributed by atoms with van der Waals surface area (Å²) in [6.07, 6.45) is 4.60. The number of carbonyl (C=O) groups is 2. The number of hydrogen-bond acceptors (Lipinski definition) is 4. The Hall–Kier alpha value is -3.48. The molecule has 1 aromatic carbocycles. The van der Waals surface area contributed by atoms with Gasteiger partial charge in [-0.3, -0.25) is 19.3 Å². The molecule has 3 aromatic rings. The zero-order valence-corrected chi connectivity index (χ0v) is 16.3. The van der Waals surface area contributed by atoms with E-state index in [4.69, 9.17) is 0 Å². The van der Waals surface area contributed by atoms with E-state index >= 15 is 0 Å². The third-order valence-electron chi connectivity index (χ3n) is 5.22. The number of aryl methyl sites for hydroxylation is 1. The third kappa shape index (κ3) is 4.03. The Morgan fingerprint density at radius 1 is 1.07 bits per heavy atom. The number of pyridine rings is 1. The average Bonchev–Trinajstić information content (AvgIpc) is 3.09. The average molecular weight is 389 g/mol. The van der Waals surface area contributed by atoms with Crippen molar-refractivity contribution < 1.29 is 9.59 Å². The van der Waals surface area contributed by atoms with E-state index in [1.807, 2.05) is 47.0 Å². The van der Waals surface area contributed by atoms with E-state index in [0.717, 1.165) is 23.4 Å². The molecule has 2 amide bonds. The molecule has 0 saturated carbocycles. The SMILES string of the molecule is Cn1nc(CCNC(=O)c2ccncc2)c2c1CCN(C(=O)c1ccccc1)C2. The minimum atomic E-state index is -0.127. The Bertz CT molecular complexity index is 1010. The maximum Gasteiger partial charge on any atom is 0.254 e. The van der Waals surface area contributed by atoms with Crippen molar-refractivity contribution >= 4 is 11.8 Å². The van der Waals surface area contributed by atoms with Crippen molar-refractivity contribution in [1.82, 2.24) is 25.0 Å². The fourth-order valence-electron chi connectivity index (χ4n) is 3.71. The molecule has 29 heavy (non-hydrogen) atoms. The van der Waals surface area contributed by atoms with E-state index in [1.54, 1.807) is 24.5 Å². The number of fused-ring (bicyclic) bond motifs is 1. The lowest BCUT2D eigenvalue weighted by Crippen LogP contribution is -2.36. The van der Waals surface area contributed by atoms with Crippen LogP contribution in [0.5, 0.6) is 0 Å². The molecule has 0 radical (unpaired) electrons. The summed E-state index contributed by atoms with van der Waals surface area (Å²) < 4.78 is 1.90. The van der Waals surface area contributed by atoms with Gasteiger partial charge in [0.15, 0.2) is 0 Å². The Kier molecular flexibility index (Phi) is 5.37. The zero-order valence-electron chi connectivity index (χ0n) is 16.3. The first kappa shape index (κ1) is 18.9. The largest absolute Gasteiger partial charge is 0.352 e. The van der Waals surface area contributed by atoms with Gasteiger partial charge in [-0.15, -0.1) is 0 Å². The number of amides is 2. The van der Waals surface area contributed by atoms with Crippen LogP contribution in [-0.4, -0.2) is 44.6 Å². The summed E-state index contributed by atoms with van der Waals surface area (Å²) in [6.45, 7) is 1.71. The van der Waals surface area contributed by atoms with Crippen LogP contribution in [0, 0.1) is 0 Å². The van der Waals surface area contributed by atoms with E-state index < -0.39 is 0 Å². The lowest BCUT2D eigenvalue weighted by atomic mass is 10.0. The van der Waals surface area contributed by atoms with Crippen molar-refractivity contribution in [2.45, 2.75) is 19.4 Å². The summed E-state index contributed by atoms with van der Waals surface area (Å²) in [5, 5.41) is 7.57. The van der Waals surface area contributed by atoms with Crippen molar-refractivity contribution in [3.05, 3.63) is 82.9 Å². The highest BCUT2D eigenvalue weighted by atomic mass is 16.2. The van der Waals surface area contributed by atoms with Crippen LogP contribution in [0.15, 0.2) is 54.9 Å². The molecule has 7 heteroatoms. The number of rotatable bonds is 5. The quantitative estimate of drug-likeness (QED) is 0.724. The number of nitrogens with zero attached hydrogens (tertiary/aromatic N) is 4. The van der Waals surface area contributed by atoms with Gasteiger partial charge < -0.3 is 10.2 Å². The Morgan fingerprint density at radius 2 is 1.83 bits per heavy atom. The molecule has 7 nitrogen and oxygen atoms in total. The Balaban J connectivity index is 1.43. The maximum absolute atomic E-state index is 12.8. The van der Waals surface area contributed by atoms with Gasteiger partial charge in [-0.1, -0.05) is 18.2 Å².